The molecular weight excluding hydrogens is 662 g/mol. The van der Waals surface area contributed by atoms with Gasteiger partial charge in [-0.15, -0.1) is 0 Å². The first-order valence-corrected chi connectivity index (χ1v) is 15.9. The molecule has 222 valence electrons. The monoisotopic (exact) mass is 697 g/mol. The molecule has 5 rings (SSSR count). The molecule has 2 aromatic rings. The van der Waals surface area contributed by atoms with Gasteiger partial charge in [-0.2, -0.15) is 0 Å². The number of carbonyl (C=O) groups excluding carboxylic acids is 2. The van der Waals surface area contributed by atoms with Crippen LogP contribution in [0.5, 0.6) is 5.75 Å². The van der Waals surface area contributed by atoms with E-state index in [1.54, 1.807) is 0 Å². The third kappa shape index (κ3) is 6.16. The number of halogens is 2. The van der Waals surface area contributed by atoms with Crippen molar-refractivity contribution < 1.29 is 24.2 Å². The second kappa shape index (κ2) is 11.4. The van der Waals surface area contributed by atoms with Crippen molar-refractivity contribution in [1.29, 1.82) is 0 Å². The standard InChI is InChI=1S/C34H37Br2NO5/c1-19-6-8-20(9-7-19)18-42-32-22(35)12-21(13-23(32)36)29-30-24(14-33(2,3)16-26(30)38)37(11-10-28(40)41)25-15-34(4,5)17-27(39)31(25)29/h6-9,12-13,29H,10-11,14-18H2,1-5H3,(H,40,41). The van der Waals surface area contributed by atoms with E-state index in [0.717, 1.165) is 31.5 Å². The first kappa shape index (κ1) is 30.7. The summed E-state index contributed by atoms with van der Waals surface area (Å²) in [5.41, 5.74) is 5.48. The molecule has 0 unspecified atom stereocenters. The van der Waals surface area contributed by atoms with Crippen LogP contribution in [0.25, 0.3) is 0 Å². The number of aliphatic carboxylic acids is 1. The summed E-state index contributed by atoms with van der Waals surface area (Å²) in [5.74, 6) is -0.750. The number of benzene rings is 2. The minimum atomic E-state index is -0.904. The van der Waals surface area contributed by atoms with Gasteiger partial charge in [0.05, 0.1) is 15.4 Å². The smallest absolute Gasteiger partial charge is 0.305 e. The molecule has 1 heterocycles. The highest BCUT2D eigenvalue weighted by Gasteiger charge is 2.49. The molecule has 2 aliphatic carbocycles. The lowest BCUT2D eigenvalue weighted by atomic mass is 9.63. The van der Waals surface area contributed by atoms with Crippen molar-refractivity contribution >= 4 is 49.4 Å². The van der Waals surface area contributed by atoms with Crippen molar-refractivity contribution in [2.75, 3.05) is 6.54 Å². The van der Waals surface area contributed by atoms with E-state index in [1.807, 2.05) is 36.1 Å². The highest BCUT2D eigenvalue weighted by atomic mass is 79.9. The third-order valence-electron chi connectivity index (χ3n) is 8.43. The van der Waals surface area contributed by atoms with E-state index in [-0.39, 0.29) is 35.4 Å². The summed E-state index contributed by atoms with van der Waals surface area (Å²) < 4.78 is 7.65. The zero-order chi connectivity index (χ0) is 30.6. The van der Waals surface area contributed by atoms with E-state index < -0.39 is 11.9 Å². The van der Waals surface area contributed by atoms with E-state index >= 15 is 0 Å². The first-order valence-electron chi connectivity index (χ1n) is 14.3. The minimum Gasteiger partial charge on any atom is -0.487 e. The van der Waals surface area contributed by atoms with Gasteiger partial charge in [-0.25, -0.2) is 0 Å². The molecule has 0 amide bonds. The number of hydrogen-bond donors (Lipinski definition) is 1. The summed E-state index contributed by atoms with van der Waals surface area (Å²) in [4.78, 5) is 41.6. The molecule has 3 aliphatic rings. The van der Waals surface area contributed by atoms with Crippen molar-refractivity contribution in [3.05, 3.63) is 84.6 Å². The van der Waals surface area contributed by atoms with Gasteiger partial charge in [0.1, 0.15) is 12.4 Å². The average molecular weight is 699 g/mol. The zero-order valence-corrected chi connectivity index (χ0v) is 27.9. The van der Waals surface area contributed by atoms with Gasteiger partial charge < -0.3 is 14.7 Å². The maximum Gasteiger partial charge on any atom is 0.305 e. The Morgan fingerprint density at radius 1 is 0.905 bits per heavy atom. The molecule has 0 spiro atoms. The lowest BCUT2D eigenvalue weighted by molar-refractivity contribution is -0.137. The van der Waals surface area contributed by atoms with Gasteiger partial charge in [-0.3, -0.25) is 14.4 Å². The summed E-state index contributed by atoms with van der Waals surface area (Å²) >= 11 is 7.42. The Morgan fingerprint density at radius 3 is 1.88 bits per heavy atom. The minimum absolute atomic E-state index is 0.0164. The number of nitrogens with zero attached hydrogens (tertiary/aromatic N) is 1. The van der Waals surface area contributed by atoms with Crippen molar-refractivity contribution in [1.82, 2.24) is 4.90 Å². The molecule has 0 radical (unpaired) electrons. The number of rotatable bonds is 7. The van der Waals surface area contributed by atoms with Crippen molar-refractivity contribution in [2.45, 2.75) is 79.2 Å². The number of ether oxygens (including phenoxy) is 1. The lowest BCUT2D eigenvalue weighted by Gasteiger charge is -2.49. The summed E-state index contributed by atoms with van der Waals surface area (Å²) in [7, 11) is 0. The molecule has 6 nitrogen and oxygen atoms in total. The van der Waals surface area contributed by atoms with Gasteiger partial charge in [0, 0.05) is 47.8 Å². The van der Waals surface area contributed by atoms with Gasteiger partial charge >= 0.3 is 5.97 Å². The fraction of sp³-hybridized carbons (Fsp3) is 0.441. The number of carboxylic acid groups (broad SMARTS) is 1. The fourth-order valence-electron chi connectivity index (χ4n) is 6.58. The molecule has 8 heteroatoms. The van der Waals surface area contributed by atoms with Gasteiger partial charge in [-0.1, -0.05) is 57.5 Å². The second-order valence-corrected chi connectivity index (χ2v) is 15.1. The largest absolute Gasteiger partial charge is 0.487 e. The average Bonchev–Trinajstić information content (AvgIpc) is 2.86. The zero-order valence-electron chi connectivity index (χ0n) is 24.8. The number of carboxylic acids is 1. The van der Waals surface area contributed by atoms with Crippen LogP contribution in [0.2, 0.25) is 0 Å². The van der Waals surface area contributed by atoms with Gasteiger partial charge in [0.2, 0.25) is 0 Å². The van der Waals surface area contributed by atoms with Crippen LogP contribution in [0.3, 0.4) is 0 Å². The molecule has 0 saturated heterocycles. The molecular formula is C34H37Br2NO5. The molecule has 0 saturated carbocycles. The quantitative estimate of drug-likeness (QED) is 0.314. The second-order valence-electron chi connectivity index (χ2n) is 13.4. The van der Waals surface area contributed by atoms with Crippen LogP contribution in [-0.2, 0) is 21.0 Å². The van der Waals surface area contributed by atoms with E-state index in [1.165, 1.54) is 5.56 Å². The van der Waals surface area contributed by atoms with Crippen molar-refractivity contribution in [2.24, 2.45) is 10.8 Å². The predicted molar refractivity (Wildman–Crippen MR) is 169 cm³/mol. The Hall–Kier alpha value is -2.71. The topological polar surface area (TPSA) is 83.9 Å². The number of carbonyl (C=O) groups is 3. The van der Waals surface area contributed by atoms with E-state index in [4.69, 9.17) is 4.74 Å². The fourth-order valence-corrected chi connectivity index (χ4v) is 8.03. The summed E-state index contributed by atoms with van der Waals surface area (Å²) in [5, 5.41) is 9.58. The predicted octanol–water partition coefficient (Wildman–Crippen LogP) is 8.26. The summed E-state index contributed by atoms with van der Waals surface area (Å²) in [6.07, 6.45) is 1.94. The molecule has 1 aliphatic heterocycles. The number of hydrogen-bond acceptors (Lipinski definition) is 5. The van der Waals surface area contributed by atoms with Crippen LogP contribution in [0.15, 0.2) is 67.9 Å². The Labute approximate surface area is 264 Å². The Kier molecular flexibility index (Phi) is 8.36. The van der Waals surface area contributed by atoms with E-state index in [9.17, 15) is 19.5 Å². The van der Waals surface area contributed by atoms with Crippen LogP contribution in [0.4, 0.5) is 0 Å². The van der Waals surface area contributed by atoms with Crippen LogP contribution in [0, 0.1) is 17.8 Å². The molecule has 42 heavy (non-hydrogen) atoms. The molecule has 2 aromatic carbocycles. The van der Waals surface area contributed by atoms with Crippen molar-refractivity contribution in [3.63, 3.8) is 0 Å². The van der Waals surface area contributed by atoms with E-state index in [0.29, 0.717) is 49.2 Å². The maximum atomic E-state index is 14.0. The normalized spacial score (nSPS) is 20.0. The molecule has 0 bridgehead atoms. The van der Waals surface area contributed by atoms with Crippen LogP contribution < -0.4 is 4.74 Å². The molecule has 1 N–H and O–H groups in total. The molecule has 0 aromatic heterocycles. The van der Waals surface area contributed by atoms with Gasteiger partial charge in [0.25, 0.3) is 0 Å². The van der Waals surface area contributed by atoms with Crippen LogP contribution in [-0.4, -0.2) is 34.1 Å². The highest BCUT2D eigenvalue weighted by molar-refractivity contribution is 9.11. The molecule has 0 fully saturated rings. The summed E-state index contributed by atoms with van der Waals surface area (Å²) in [6, 6.07) is 12.1. The third-order valence-corrected chi connectivity index (χ3v) is 9.61. The molecule has 0 atom stereocenters. The number of Topliss-reactive ketones (excluding diaryl/α,β-unsaturated/α-hetero) is 2. The Balaban J connectivity index is 1.63. The SMILES string of the molecule is Cc1ccc(COc2c(Br)cc(C3C4=C(CC(C)(C)CC4=O)N(CCC(=O)O)C4=C3C(=O)CC(C)(C)C4)cc2Br)cc1. The highest BCUT2D eigenvalue weighted by Crippen LogP contribution is 2.55. The van der Waals surface area contributed by atoms with Gasteiger partial charge in [0.15, 0.2) is 11.6 Å². The Bertz CT molecular complexity index is 1460. The van der Waals surface area contributed by atoms with Crippen LogP contribution >= 0.6 is 31.9 Å². The van der Waals surface area contributed by atoms with Crippen LogP contribution in [0.1, 0.15) is 82.4 Å². The van der Waals surface area contributed by atoms with Gasteiger partial charge in [-0.05, 0) is 85.7 Å². The van der Waals surface area contributed by atoms with E-state index in [2.05, 4.69) is 71.7 Å². The number of aryl methyl sites for hydroxylation is 1. The van der Waals surface area contributed by atoms with Crippen molar-refractivity contribution in [3.8, 4) is 5.75 Å². The number of allylic oxidation sites excluding steroid dienone is 4. The summed E-state index contributed by atoms with van der Waals surface area (Å²) in [6.45, 7) is 11.0. The Morgan fingerprint density at radius 2 is 1.40 bits per heavy atom. The number of ketones is 2. The first-order chi connectivity index (χ1) is 19.7. The lowest BCUT2D eigenvalue weighted by Crippen LogP contribution is -2.45. The maximum absolute atomic E-state index is 14.0.